The summed E-state index contributed by atoms with van der Waals surface area (Å²) in [6, 6.07) is 0.563. The van der Waals surface area contributed by atoms with E-state index in [1.165, 1.54) is 19.3 Å². The van der Waals surface area contributed by atoms with Crippen LogP contribution in [0.4, 0.5) is 0 Å². The maximum Gasteiger partial charge on any atom is 0.316 e. The Labute approximate surface area is 109 Å². The smallest absolute Gasteiger partial charge is 0.316 e. The molecule has 0 saturated heterocycles. The zero-order chi connectivity index (χ0) is 11.4. The first-order valence-corrected chi connectivity index (χ1v) is 6.73. The highest BCUT2D eigenvalue weighted by Gasteiger charge is 2.22. The molecule has 0 amide bonds. The molecule has 0 aliphatic heterocycles. The Hall–Kier alpha value is -0.430. The molecule has 16 heavy (non-hydrogen) atoms. The average Bonchev–Trinajstić information content (AvgIpc) is 2.48. The molecule has 0 aromatic carbocycles. The van der Waals surface area contributed by atoms with E-state index >= 15 is 0 Å². The summed E-state index contributed by atoms with van der Waals surface area (Å²) in [5.41, 5.74) is 6.07. The van der Waals surface area contributed by atoms with E-state index in [1.54, 1.807) is 12.4 Å². The summed E-state index contributed by atoms with van der Waals surface area (Å²) < 4.78 is 6.76. The topological polar surface area (TPSA) is 61.0 Å². The Morgan fingerprint density at radius 1 is 1.19 bits per heavy atom. The molecule has 0 bridgehead atoms. The van der Waals surface area contributed by atoms with Gasteiger partial charge in [-0.05, 0) is 41.9 Å². The molecular formula is C11H16IN3O. The highest BCUT2D eigenvalue weighted by molar-refractivity contribution is 14.1. The Morgan fingerprint density at radius 2 is 1.88 bits per heavy atom. The van der Waals surface area contributed by atoms with E-state index in [2.05, 4.69) is 32.6 Å². The molecule has 1 aliphatic carbocycles. The Balaban J connectivity index is 1.99. The highest BCUT2D eigenvalue weighted by Crippen LogP contribution is 2.20. The van der Waals surface area contributed by atoms with Crippen LogP contribution in [0, 0.1) is 3.57 Å². The van der Waals surface area contributed by atoms with Crippen LogP contribution >= 0.6 is 22.6 Å². The molecule has 1 aromatic rings. The molecule has 2 atom stereocenters. The lowest BCUT2D eigenvalue weighted by atomic mass is 10.1. The molecule has 5 heteroatoms. The molecule has 1 heterocycles. The Bertz CT molecular complexity index is 331. The van der Waals surface area contributed by atoms with Gasteiger partial charge in [-0.2, -0.15) is 0 Å². The van der Waals surface area contributed by atoms with Crippen molar-refractivity contribution in [1.29, 1.82) is 0 Å². The van der Waals surface area contributed by atoms with Gasteiger partial charge in [0.1, 0.15) is 6.10 Å². The number of nitrogens with two attached hydrogens (primary N) is 1. The van der Waals surface area contributed by atoms with Crippen molar-refractivity contribution in [3.8, 4) is 6.01 Å². The van der Waals surface area contributed by atoms with Crippen LogP contribution in [0.3, 0.4) is 0 Å². The van der Waals surface area contributed by atoms with Gasteiger partial charge >= 0.3 is 6.01 Å². The van der Waals surface area contributed by atoms with Gasteiger partial charge in [-0.25, -0.2) is 9.97 Å². The van der Waals surface area contributed by atoms with Gasteiger partial charge in [-0.15, -0.1) is 0 Å². The predicted molar refractivity (Wildman–Crippen MR) is 70.2 cm³/mol. The maximum atomic E-state index is 6.07. The van der Waals surface area contributed by atoms with Crippen molar-refractivity contribution in [2.75, 3.05) is 0 Å². The number of nitrogens with zero attached hydrogens (tertiary/aromatic N) is 2. The molecule has 1 saturated carbocycles. The van der Waals surface area contributed by atoms with Crippen LogP contribution in [0.2, 0.25) is 0 Å². The summed E-state index contributed by atoms with van der Waals surface area (Å²) >= 11 is 2.17. The second-order valence-electron chi connectivity index (χ2n) is 4.14. The summed E-state index contributed by atoms with van der Waals surface area (Å²) in [4.78, 5) is 8.28. The summed E-state index contributed by atoms with van der Waals surface area (Å²) in [5, 5.41) is 0. The molecule has 2 rings (SSSR count). The molecule has 88 valence electrons. The van der Waals surface area contributed by atoms with E-state index in [4.69, 9.17) is 10.5 Å². The van der Waals surface area contributed by atoms with Crippen molar-refractivity contribution in [1.82, 2.24) is 9.97 Å². The van der Waals surface area contributed by atoms with Crippen LogP contribution in [0.1, 0.15) is 32.1 Å². The minimum atomic E-state index is 0.0718. The lowest BCUT2D eigenvalue weighted by Gasteiger charge is -2.21. The van der Waals surface area contributed by atoms with E-state index in [0.717, 1.165) is 16.4 Å². The molecule has 1 fully saturated rings. The number of rotatable bonds is 2. The second-order valence-corrected chi connectivity index (χ2v) is 5.39. The maximum absolute atomic E-state index is 6.07. The van der Waals surface area contributed by atoms with Gasteiger partial charge in [0, 0.05) is 22.0 Å². The van der Waals surface area contributed by atoms with Crippen molar-refractivity contribution in [2.45, 2.75) is 44.2 Å². The Morgan fingerprint density at radius 3 is 2.62 bits per heavy atom. The van der Waals surface area contributed by atoms with Crippen molar-refractivity contribution in [3.05, 3.63) is 16.0 Å². The minimum absolute atomic E-state index is 0.0718. The standard InChI is InChI=1S/C11H16IN3O/c12-8-6-14-11(15-7-8)16-10-5-3-1-2-4-9(10)13/h6-7,9-10H,1-5,13H2. The predicted octanol–water partition coefficient (Wildman–Crippen LogP) is 2.12. The fourth-order valence-corrected chi connectivity index (χ4v) is 2.22. The van der Waals surface area contributed by atoms with Crippen LogP contribution in [0.5, 0.6) is 6.01 Å². The molecule has 0 radical (unpaired) electrons. The largest absolute Gasteiger partial charge is 0.458 e. The second kappa shape index (κ2) is 5.77. The van der Waals surface area contributed by atoms with Crippen molar-refractivity contribution in [2.24, 2.45) is 5.73 Å². The first-order valence-electron chi connectivity index (χ1n) is 5.65. The van der Waals surface area contributed by atoms with E-state index < -0.39 is 0 Å². The van der Waals surface area contributed by atoms with E-state index in [9.17, 15) is 0 Å². The van der Waals surface area contributed by atoms with Gasteiger partial charge < -0.3 is 10.5 Å². The minimum Gasteiger partial charge on any atom is -0.458 e. The third-order valence-electron chi connectivity index (χ3n) is 2.86. The molecule has 1 aliphatic rings. The first kappa shape index (κ1) is 12.0. The molecule has 2 unspecified atom stereocenters. The van der Waals surface area contributed by atoms with Gasteiger partial charge in [0.25, 0.3) is 0 Å². The highest BCUT2D eigenvalue weighted by atomic mass is 127. The summed E-state index contributed by atoms with van der Waals surface area (Å²) in [5.74, 6) is 0. The first-order chi connectivity index (χ1) is 7.75. The van der Waals surface area contributed by atoms with Gasteiger partial charge in [-0.1, -0.05) is 12.8 Å². The van der Waals surface area contributed by atoms with Crippen molar-refractivity contribution in [3.63, 3.8) is 0 Å². The van der Waals surface area contributed by atoms with Gasteiger partial charge in [0.05, 0.1) is 0 Å². The number of hydrogen-bond acceptors (Lipinski definition) is 4. The van der Waals surface area contributed by atoms with Gasteiger partial charge in [-0.3, -0.25) is 0 Å². The number of hydrogen-bond donors (Lipinski definition) is 1. The number of aromatic nitrogens is 2. The van der Waals surface area contributed by atoms with Crippen molar-refractivity contribution >= 4 is 22.6 Å². The van der Waals surface area contributed by atoms with Gasteiger partial charge in [0.15, 0.2) is 0 Å². The molecule has 0 spiro atoms. The summed E-state index contributed by atoms with van der Waals surface area (Å²) in [7, 11) is 0. The molecule has 4 nitrogen and oxygen atoms in total. The van der Waals surface area contributed by atoms with Crippen LogP contribution in [0.25, 0.3) is 0 Å². The van der Waals surface area contributed by atoms with Crippen LogP contribution in [0.15, 0.2) is 12.4 Å². The normalized spacial score (nSPS) is 26.1. The quantitative estimate of drug-likeness (QED) is 0.665. The summed E-state index contributed by atoms with van der Waals surface area (Å²) in [6.45, 7) is 0. The van der Waals surface area contributed by atoms with Crippen molar-refractivity contribution < 1.29 is 4.74 Å². The molecular weight excluding hydrogens is 317 g/mol. The van der Waals surface area contributed by atoms with Gasteiger partial charge in [0.2, 0.25) is 0 Å². The summed E-state index contributed by atoms with van der Waals surface area (Å²) in [6.07, 6.45) is 9.27. The lowest BCUT2D eigenvalue weighted by Crippen LogP contribution is -2.38. The third kappa shape index (κ3) is 3.28. The van der Waals surface area contributed by atoms with E-state index in [1.807, 2.05) is 0 Å². The lowest BCUT2D eigenvalue weighted by molar-refractivity contribution is 0.148. The van der Waals surface area contributed by atoms with Crippen LogP contribution < -0.4 is 10.5 Å². The third-order valence-corrected chi connectivity index (χ3v) is 3.41. The monoisotopic (exact) mass is 333 g/mol. The Kier molecular flexibility index (Phi) is 4.34. The number of ether oxygens (including phenoxy) is 1. The SMILES string of the molecule is NC1CCCCCC1Oc1ncc(I)cn1. The molecule has 2 N–H and O–H groups in total. The van der Waals surface area contributed by atoms with Crippen LogP contribution in [-0.4, -0.2) is 22.1 Å². The average molecular weight is 333 g/mol. The van der Waals surface area contributed by atoms with E-state index in [-0.39, 0.29) is 12.1 Å². The fourth-order valence-electron chi connectivity index (χ4n) is 1.95. The zero-order valence-corrected chi connectivity index (χ0v) is 11.3. The molecule has 1 aromatic heterocycles. The fraction of sp³-hybridized carbons (Fsp3) is 0.636. The van der Waals surface area contributed by atoms with Crippen LogP contribution in [-0.2, 0) is 0 Å². The number of halogens is 1. The zero-order valence-electron chi connectivity index (χ0n) is 9.10. The van der Waals surface area contributed by atoms with E-state index in [0.29, 0.717) is 6.01 Å².